The van der Waals surface area contributed by atoms with Gasteiger partial charge < -0.3 is 23.5 Å². The number of hydrogen-bond acceptors (Lipinski definition) is 11. The van der Waals surface area contributed by atoms with E-state index in [0.717, 1.165) is 62.1 Å². The molecule has 0 bridgehead atoms. The fourth-order valence-corrected chi connectivity index (χ4v) is 4.90. The maximum Gasteiger partial charge on any atom is 0.316 e. The molecule has 2 aliphatic rings. The molecule has 188 valence electrons. The van der Waals surface area contributed by atoms with Crippen molar-refractivity contribution in [3.63, 3.8) is 0 Å². The van der Waals surface area contributed by atoms with Crippen molar-refractivity contribution < 1.29 is 18.2 Å². The van der Waals surface area contributed by atoms with Crippen LogP contribution in [-0.2, 0) is 29.4 Å². The Hall–Kier alpha value is -2.78. The van der Waals surface area contributed by atoms with Crippen LogP contribution in [0.25, 0.3) is 22.6 Å². The third-order valence-corrected chi connectivity index (χ3v) is 6.88. The summed E-state index contributed by atoms with van der Waals surface area (Å²) in [6, 6.07) is 0.288. The molecule has 2 saturated heterocycles. The maximum absolute atomic E-state index is 11.1. The third-order valence-electron chi connectivity index (χ3n) is 6.30. The number of aromatic nitrogens is 6. The molecule has 3 aromatic heterocycles. The second kappa shape index (κ2) is 10.5. The van der Waals surface area contributed by atoms with Gasteiger partial charge in [-0.05, 0) is 0 Å². The number of imidazole rings is 1. The zero-order valence-corrected chi connectivity index (χ0v) is 20.6. The standard InChI is InChI=1S/C21H29N9O4S/c1-27-16(13-28-3-5-29(6-4-28)14-35(31)32)24-17-19(27)25-18(15-11-22-21(33-2)23-12-15)26-20(17)30-7-9-34-10-8-30/h11-12H,3-10,13-14H2,1-2H3,(H,31,32). The number of hydrogen-bond donors (Lipinski definition) is 1. The average Bonchev–Trinajstić information content (AvgIpc) is 3.20. The molecule has 1 N–H and O–H groups in total. The number of nitrogens with zero attached hydrogens (tertiary/aromatic N) is 9. The van der Waals surface area contributed by atoms with Crippen LogP contribution < -0.4 is 9.64 Å². The fraction of sp³-hybridized carbons (Fsp3) is 0.571. The van der Waals surface area contributed by atoms with Crippen LogP contribution in [0.2, 0.25) is 0 Å². The molecule has 0 saturated carbocycles. The van der Waals surface area contributed by atoms with E-state index in [-0.39, 0.29) is 11.9 Å². The summed E-state index contributed by atoms with van der Waals surface area (Å²) in [6.07, 6.45) is 3.32. The lowest BCUT2D eigenvalue weighted by Crippen LogP contribution is -2.46. The molecule has 5 rings (SSSR count). The molecule has 3 aromatic rings. The zero-order chi connectivity index (χ0) is 24.4. The average molecular weight is 504 g/mol. The Morgan fingerprint density at radius 2 is 1.71 bits per heavy atom. The molecule has 0 aromatic carbocycles. The van der Waals surface area contributed by atoms with Gasteiger partial charge in [0.25, 0.3) is 0 Å². The fourth-order valence-electron chi connectivity index (χ4n) is 4.33. The van der Waals surface area contributed by atoms with Crippen molar-refractivity contribution in [2.45, 2.75) is 6.54 Å². The number of methoxy groups -OCH3 is 1. The lowest BCUT2D eigenvalue weighted by Gasteiger charge is -2.33. The highest BCUT2D eigenvalue weighted by molar-refractivity contribution is 7.79. The van der Waals surface area contributed by atoms with Gasteiger partial charge in [0.15, 0.2) is 33.9 Å². The van der Waals surface area contributed by atoms with Crippen LogP contribution in [0.5, 0.6) is 6.01 Å². The monoisotopic (exact) mass is 503 g/mol. The summed E-state index contributed by atoms with van der Waals surface area (Å²) in [4.78, 5) is 29.6. The molecule has 1 unspecified atom stereocenters. The molecule has 0 amide bonds. The number of rotatable bonds is 7. The summed E-state index contributed by atoms with van der Waals surface area (Å²) in [6.45, 7) is 6.48. The Bertz CT molecular complexity index is 1190. The predicted octanol–water partition coefficient (Wildman–Crippen LogP) is -0.0377. The summed E-state index contributed by atoms with van der Waals surface area (Å²) >= 11 is -1.81. The van der Waals surface area contributed by atoms with Crippen LogP contribution in [0.1, 0.15) is 5.82 Å². The maximum atomic E-state index is 11.1. The van der Waals surface area contributed by atoms with Crippen molar-refractivity contribution in [3.8, 4) is 17.4 Å². The summed E-state index contributed by atoms with van der Waals surface area (Å²) in [5.41, 5.74) is 2.20. The van der Waals surface area contributed by atoms with Crippen molar-refractivity contribution >= 4 is 28.1 Å². The molecule has 35 heavy (non-hydrogen) atoms. The smallest absolute Gasteiger partial charge is 0.316 e. The van der Waals surface area contributed by atoms with E-state index in [1.165, 1.54) is 7.11 Å². The van der Waals surface area contributed by atoms with Crippen LogP contribution in [0, 0.1) is 0 Å². The summed E-state index contributed by atoms with van der Waals surface area (Å²) in [5, 5.41) is 0. The molecular weight excluding hydrogens is 474 g/mol. The second-order valence-corrected chi connectivity index (χ2v) is 9.43. The van der Waals surface area contributed by atoms with E-state index in [9.17, 15) is 4.21 Å². The van der Waals surface area contributed by atoms with Crippen LogP contribution in [0.4, 0.5) is 5.82 Å². The number of aryl methyl sites for hydroxylation is 1. The van der Waals surface area contributed by atoms with Crippen molar-refractivity contribution in [1.29, 1.82) is 0 Å². The number of piperazine rings is 1. The van der Waals surface area contributed by atoms with E-state index in [0.29, 0.717) is 31.1 Å². The first-order chi connectivity index (χ1) is 17.0. The van der Waals surface area contributed by atoms with E-state index in [4.69, 9.17) is 29.0 Å². The van der Waals surface area contributed by atoms with Gasteiger partial charge in [0, 0.05) is 58.7 Å². The lowest BCUT2D eigenvalue weighted by molar-refractivity contribution is 0.122. The molecule has 2 aliphatic heterocycles. The van der Waals surface area contributed by atoms with E-state index < -0.39 is 11.1 Å². The first kappa shape index (κ1) is 23.9. The molecule has 5 heterocycles. The lowest BCUT2D eigenvalue weighted by atomic mass is 10.3. The molecule has 0 radical (unpaired) electrons. The van der Waals surface area contributed by atoms with Crippen LogP contribution in [0.15, 0.2) is 12.4 Å². The minimum atomic E-state index is -1.81. The Balaban J connectivity index is 1.46. The predicted molar refractivity (Wildman–Crippen MR) is 129 cm³/mol. The van der Waals surface area contributed by atoms with Gasteiger partial charge in [-0.1, -0.05) is 0 Å². The summed E-state index contributed by atoms with van der Waals surface area (Å²) in [5.74, 6) is 2.39. The van der Waals surface area contributed by atoms with Gasteiger partial charge in [0.2, 0.25) is 0 Å². The van der Waals surface area contributed by atoms with Crippen LogP contribution >= 0.6 is 0 Å². The van der Waals surface area contributed by atoms with Crippen LogP contribution in [0.3, 0.4) is 0 Å². The minimum absolute atomic E-state index is 0.191. The molecule has 14 heteroatoms. The van der Waals surface area contributed by atoms with Gasteiger partial charge in [0.1, 0.15) is 11.7 Å². The Morgan fingerprint density at radius 1 is 1.03 bits per heavy atom. The highest BCUT2D eigenvalue weighted by Crippen LogP contribution is 2.28. The largest absolute Gasteiger partial charge is 0.467 e. The SMILES string of the molecule is COc1ncc(-c2nc(N3CCOCC3)c3nc(CN4CCN(CS(=O)O)CC4)n(C)c3n2)cn1. The van der Waals surface area contributed by atoms with Crippen molar-refractivity contribution in [3.05, 3.63) is 18.2 Å². The second-order valence-electron chi connectivity index (χ2n) is 8.53. The molecule has 13 nitrogen and oxygen atoms in total. The third kappa shape index (κ3) is 5.26. The number of fused-ring (bicyclic) bond motifs is 1. The van der Waals surface area contributed by atoms with Gasteiger partial charge in [0.05, 0.1) is 32.4 Å². The van der Waals surface area contributed by atoms with E-state index in [1.54, 1.807) is 12.4 Å². The number of anilines is 1. The topological polar surface area (TPSA) is 135 Å². The molecule has 0 spiro atoms. The van der Waals surface area contributed by atoms with E-state index >= 15 is 0 Å². The molecular formula is C21H29N9O4S. The summed E-state index contributed by atoms with van der Waals surface area (Å²) in [7, 11) is 3.50. The summed E-state index contributed by atoms with van der Waals surface area (Å²) < 4.78 is 32.9. The zero-order valence-electron chi connectivity index (χ0n) is 19.8. The quantitative estimate of drug-likeness (QED) is 0.434. The Labute approximate surface area is 205 Å². The van der Waals surface area contributed by atoms with E-state index in [1.807, 2.05) is 16.5 Å². The number of morpholine rings is 1. The molecule has 1 atom stereocenters. The van der Waals surface area contributed by atoms with Crippen molar-refractivity contribution in [2.75, 3.05) is 70.4 Å². The van der Waals surface area contributed by atoms with Gasteiger partial charge in [-0.2, -0.15) is 0 Å². The Morgan fingerprint density at radius 3 is 2.37 bits per heavy atom. The minimum Gasteiger partial charge on any atom is -0.467 e. The van der Waals surface area contributed by atoms with Crippen LogP contribution in [-0.4, -0.2) is 114 Å². The highest BCUT2D eigenvalue weighted by atomic mass is 32.2. The van der Waals surface area contributed by atoms with Gasteiger partial charge >= 0.3 is 6.01 Å². The highest BCUT2D eigenvalue weighted by Gasteiger charge is 2.25. The van der Waals surface area contributed by atoms with Gasteiger partial charge in [-0.3, -0.25) is 9.80 Å². The molecule has 0 aliphatic carbocycles. The van der Waals surface area contributed by atoms with E-state index in [2.05, 4.69) is 19.8 Å². The van der Waals surface area contributed by atoms with Gasteiger partial charge in [-0.15, -0.1) is 0 Å². The van der Waals surface area contributed by atoms with Crippen molar-refractivity contribution in [1.82, 2.24) is 39.3 Å². The van der Waals surface area contributed by atoms with Crippen molar-refractivity contribution in [2.24, 2.45) is 7.05 Å². The molecule has 2 fully saturated rings. The Kier molecular flexibility index (Phi) is 7.15. The van der Waals surface area contributed by atoms with Gasteiger partial charge in [-0.25, -0.2) is 29.1 Å². The first-order valence-electron chi connectivity index (χ1n) is 11.5. The number of ether oxygens (including phenoxy) is 2. The first-order valence-corrected chi connectivity index (χ1v) is 12.7. The normalized spacial score (nSPS) is 18.8.